The predicted molar refractivity (Wildman–Crippen MR) is 194 cm³/mol. The quantitative estimate of drug-likeness (QED) is 0.0433. The number of carbonyl (C=O) groups is 3. The molecule has 0 fully saturated rings. The average molecular weight is 642 g/mol. The molecule has 0 spiro atoms. The van der Waals surface area contributed by atoms with Crippen LogP contribution in [-0.2, 0) is 19.1 Å². The van der Waals surface area contributed by atoms with Crippen LogP contribution in [-0.4, -0.2) is 35.6 Å². The number of amides is 1. The van der Waals surface area contributed by atoms with Gasteiger partial charge in [0.15, 0.2) is 0 Å². The third-order valence-corrected chi connectivity index (χ3v) is 7.66. The lowest BCUT2D eigenvalue weighted by Crippen LogP contribution is -2.28. The normalized spacial score (nSPS) is 12.7. The Morgan fingerprint density at radius 3 is 1.74 bits per heavy atom. The summed E-state index contributed by atoms with van der Waals surface area (Å²) in [6.45, 7) is 4.05. The minimum Gasteiger partial charge on any atom is -0.480 e. The highest BCUT2D eigenvalue weighted by Gasteiger charge is 2.12. The molecule has 262 valence electrons. The van der Waals surface area contributed by atoms with Crippen LogP contribution in [0.5, 0.6) is 0 Å². The number of rotatable bonds is 32. The summed E-state index contributed by atoms with van der Waals surface area (Å²) in [5.41, 5.74) is 0. The number of allylic oxidation sites excluding steroid dienone is 9. The number of hydrogen-bond donors (Lipinski definition) is 2. The molecule has 1 atom stereocenters. The van der Waals surface area contributed by atoms with Gasteiger partial charge in [0.1, 0.15) is 12.6 Å². The Balaban J connectivity index is 4.32. The van der Waals surface area contributed by atoms with E-state index < -0.39 is 5.97 Å². The summed E-state index contributed by atoms with van der Waals surface area (Å²) in [6.07, 6.45) is 44.9. The number of carbonyl (C=O) groups excluding carboxylic acids is 2. The van der Waals surface area contributed by atoms with Crippen LogP contribution in [0.2, 0.25) is 0 Å². The molecule has 0 aliphatic heterocycles. The highest BCUT2D eigenvalue weighted by molar-refractivity contribution is 5.80. The van der Waals surface area contributed by atoms with E-state index in [1.54, 1.807) is 0 Å². The van der Waals surface area contributed by atoms with Gasteiger partial charge in [0.2, 0.25) is 5.91 Å². The second-order valence-corrected chi connectivity index (χ2v) is 12.1. The van der Waals surface area contributed by atoms with E-state index in [-0.39, 0.29) is 24.5 Å². The summed E-state index contributed by atoms with van der Waals surface area (Å²) in [5.74, 6) is -1.43. The van der Waals surface area contributed by atoms with Gasteiger partial charge in [-0.3, -0.25) is 14.4 Å². The molecule has 46 heavy (non-hydrogen) atoms. The van der Waals surface area contributed by atoms with E-state index in [9.17, 15) is 14.4 Å². The smallest absolute Gasteiger partial charge is 0.322 e. The Morgan fingerprint density at radius 1 is 0.609 bits per heavy atom. The fourth-order valence-electron chi connectivity index (χ4n) is 4.95. The van der Waals surface area contributed by atoms with Crippen molar-refractivity contribution in [1.82, 2.24) is 5.32 Å². The van der Waals surface area contributed by atoms with Crippen molar-refractivity contribution >= 4 is 17.8 Å². The molecular weight excluding hydrogens is 574 g/mol. The van der Waals surface area contributed by atoms with Crippen LogP contribution in [0.3, 0.4) is 0 Å². The van der Waals surface area contributed by atoms with Gasteiger partial charge in [-0.15, -0.1) is 0 Å². The maximum absolute atomic E-state index is 12.6. The Morgan fingerprint density at radius 2 is 1.13 bits per heavy atom. The van der Waals surface area contributed by atoms with Crippen LogP contribution < -0.4 is 5.32 Å². The average Bonchev–Trinajstić information content (AvgIpc) is 3.04. The van der Waals surface area contributed by atoms with Crippen molar-refractivity contribution in [2.75, 3.05) is 6.54 Å². The van der Waals surface area contributed by atoms with Crippen molar-refractivity contribution in [3.63, 3.8) is 0 Å². The summed E-state index contributed by atoms with van der Waals surface area (Å²) in [4.78, 5) is 34.9. The predicted octanol–water partition coefficient (Wildman–Crippen LogP) is 10.9. The van der Waals surface area contributed by atoms with Gasteiger partial charge in [0.05, 0.1) is 0 Å². The third kappa shape index (κ3) is 34.0. The molecular formula is C40H67NO5. The minimum absolute atomic E-state index is 0.141. The zero-order valence-corrected chi connectivity index (χ0v) is 29.4. The molecule has 0 aromatic carbocycles. The van der Waals surface area contributed by atoms with Crippen LogP contribution in [0, 0.1) is 0 Å². The maximum Gasteiger partial charge on any atom is 0.322 e. The number of carboxylic acids is 1. The lowest BCUT2D eigenvalue weighted by molar-refractivity contribution is -0.147. The van der Waals surface area contributed by atoms with Crippen LogP contribution in [0.15, 0.2) is 60.8 Å². The fourth-order valence-corrected chi connectivity index (χ4v) is 4.95. The van der Waals surface area contributed by atoms with E-state index in [0.717, 1.165) is 64.2 Å². The van der Waals surface area contributed by atoms with Crippen LogP contribution >= 0.6 is 0 Å². The van der Waals surface area contributed by atoms with Gasteiger partial charge in [-0.1, -0.05) is 126 Å². The zero-order chi connectivity index (χ0) is 33.8. The molecule has 1 unspecified atom stereocenters. The van der Waals surface area contributed by atoms with Crippen molar-refractivity contribution in [3.05, 3.63) is 60.8 Å². The first kappa shape index (κ1) is 43.1. The molecule has 0 saturated carbocycles. The van der Waals surface area contributed by atoms with Gasteiger partial charge >= 0.3 is 11.9 Å². The molecule has 0 radical (unpaired) electrons. The second kappa shape index (κ2) is 35.0. The molecule has 1 amide bonds. The van der Waals surface area contributed by atoms with Crippen molar-refractivity contribution in [2.24, 2.45) is 0 Å². The molecule has 0 aliphatic rings. The Labute approximate surface area is 281 Å². The van der Waals surface area contributed by atoms with Gasteiger partial charge in [-0.05, 0) is 83.1 Å². The molecule has 0 aromatic heterocycles. The van der Waals surface area contributed by atoms with Crippen molar-refractivity contribution in [3.8, 4) is 0 Å². The van der Waals surface area contributed by atoms with E-state index in [4.69, 9.17) is 9.84 Å². The molecule has 6 heteroatoms. The van der Waals surface area contributed by atoms with Gasteiger partial charge in [0, 0.05) is 12.8 Å². The number of unbranched alkanes of at least 4 members (excludes halogenated alkanes) is 13. The van der Waals surface area contributed by atoms with Crippen molar-refractivity contribution in [2.45, 2.75) is 168 Å². The lowest BCUT2D eigenvalue weighted by atomic mass is 10.1. The van der Waals surface area contributed by atoms with E-state index in [1.807, 2.05) is 6.08 Å². The van der Waals surface area contributed by atoms with Crippen molar-refractivity contribution < 1.29 is 24.2 Å². The van der Waals surface area contributed by atoms with Gasteiger partial charge in [-0.2, -0.15) is 0 Å². The Bertz CT molecular complexity index is 886. The largest absolute Gasteiger partial charge is 0.480 e. The Hall–Kier alpha value is -2.89. The standard InChI is InChI=1S/C40H67NO5/c1-3-5-7-9-11-13-15-16-17-18-20-22-24-26-31-35-40(45)46-37(33-29-27-30-34-38(42)41-36-39(43)44)32-28-25-23-21-19-14-12-10-8-6-4-2/h6,8,12,14,16-17,21,23,28,32,37H,3-5,7,9-11,13,15,18-20,22,24-27,29-31,33-36H2,1-2H3,(H,41,42)(H,43,44)/b8-6-,14-12-,17-16-,23-21-,32-28-. The topological polar surface area (TPSA) is 92.7 Å². The molecule has 0 heterocycles. The SMILES string of the molecule is CC/C=C\C/C=C\C/C=C\C/C=C\C(CCCCCC(=O)NCC(=O)O)OC(=O)CCCCCCC/C=C\CCCCCCCC. The van der Waals surface area contributed by atoms with Crippen LogP contribution in [0.25, 0.3) is 0 Å². The summed E-state index contributed by atoms with van der Waals surface area (Å²) in [6, 6.07) is 0. The van der Waals surface area contributed by atoms with Gasteiger partial charge in [-0.25, -0.2) is 0 Å². The monoisotopic (exact) mass is 642 g/mol. The maximum atomic E-state index is 12.6. The number of aliphatic carboxylic acids is 1. The molecule has 0 rings (SSSR count). The first-order chi connectivity index (χ1) is 22.5. The van der Waals surface area contributed by atoms with Gasteiger partial charge in [0.25, 0.3) is 0 Å². The number of nitrogens with one attached hydrogen (secondary N) is 1. The third-order valence-electron chi connectivity index (χ3n) is 7.66. The van der Waals surface area contributed by atoms with Crippen LogP contribution in [0.4, 0.5) is 0 Å². The molecule has 0 aliphatic carbocycles. The fraction of sp³-hybridized carbons (Fsp3) is 0.675. The summed E-state index contributed by atoms with van der Waals surface area (Å²) < 4.78 is 5.83. The minimum atomic E-state index is -1.04. The highest BCUT2D eigenvalue weighted by atomic mass is 16.5. The summed E-state index contributed by atoms with van der Waals surface area (Å²) >= 11 is 0. The van der Waals surface area contributed by atoms with E-state index >= 15 is 0 Å². The van der Waals surface area contributed by atoms with Gasteiger partial charge < -0.3 is 15.2 Å². The number of hydrogen-bond acceptors (Lipinski definition) is 4. The number of esters is 1. The first-order valence-electron chi connectivity index (χ1n) is 18.4. The zero-order valence-electron chi connectivity index (χ0n) is 29.4. The molecule has 6 nitrogen and oxygen atoms in total. The number of ether oxygens (including phenoxy) is 1. The number of carboxylic acid groups (broad SMARTS) is 1. The van der Waals surface area contributed by atoms with E-state index in [2.05, 4.69) is 73.8 Å². The molecule has 2 N–H and O–H groups in total. The van der Waals surface area contributed by atoms with E-state index in [1.165, 1.54) is 57.8 Å². The van der Waals surface area contributed by atoms with Crippen LogP contribution in [0.1, 0.15) is 162 Å². The second-order valence-electron chi connectivity index (χ2n) is 12.1. The molecule has 0 aromatic rings. The highest BCUT2D eigenvalue weighted by Crippen LogP contribution is 2.14. The molecule has 0 bridgehead atoms. The van der Waals surface area contributed by atoms with E-state index in [0.29, 0.717) is 25.7 Å². The van der Waals surface area contributed by atoms with Crippen molar-refractivity contribution in [1.29, 1.82) is 0 Å². The Kier molecular flexibility index (Phi) is 32.8. The first-order valence-corrected chi connectivity index (χ1v) is 18.4. The molecule has 0 saturated heterocycles. The summed E-state index contributed by atoms with van der Waals surface area (Å²) in [5, 5.41) is 11.1. The summed E-state index contributed by atoms with van der Waals surface area (Å²) in [7, 11) is 0. The lowest BCUT2D eigenvalue weighted by Gasteiger charge is -2.14.